The van der Waals surface area contributed by atoms with Gasteiger partial charge in [0.1, 0.15) is 5.75 Å². The Morgan fingerprint density at radius 1 is 1.26 bits per heavy atom. The first kappa shape index (κ1) is 17.3. The topological polar surface area (TPSA) is 66.4 Å². The van der Waals surface area contributed by atoms with E-state index in [4.69, 9.17) is 0 Å². The van der Waals surface area contributed by atoms with Crippen LogP contribution in [0.15, 0.2) is 42.5 Å². The van der Waals surface area contributed by atoms with Crippen molar-refractivity contribution in [1.82, 2.24) is 0 Å². The van der Waals surface area contributed by atoms with Crippen LogP contribution in [0.25, 0.3) is 10.8 Å². The number of hydrogen-bond donors (Lipinski definition) is 2. The van der Waals surface area contributed by atoms with Crippen LogP contribution >= 0.6 is 0 Å². The first-order valence-corrected chi connectivity index (χ1v) is 9.37. The lowest BCUT2D eigenvalue weighted by molar-refractivity contribution is 0.477. The largest absolute Gasteiger partial charge is 0.507 e. The molecule has 23 heavy (non-hydrogen) atoms. The molecule has 0 aromatic heterocycles. The minimum atomic E-state index is -3.48. The van der Waals surface area contributed by atoms with Crippen LogP contribution in [-0.4, -0.2) is 19.3 Å². The fourth-order valence-electron chi connectivity index (χ4n) is 2.34. The average molecular weight is 333 g/mol. The van der Waals surface area contributed by atoms with Gasteiger partial charge in [-0.15, -0.1) is 0 Å². The van der Waals surface area contributed by atoms with Crippen LogP contribution in [0, 0.1) is 12.8 Å². The van der Waals surface area contributed by atoms with E-state index in [2.05, 4.69) is 11.6 Å². The second kappa shape index (κ2) is 7.04. The molecular weight excluding hydrogens is 310 g/mol. The van der Waals surface area contributed by atoms with Crippen LogP contribution in [0.5, 0.6) is 5.75 Å². The molecule has 0 bridgehead atoms. The van der Waals surface area contributed by atoms with Crippen LogP contribution < -0.4 is 4.72 Å². The molecule has 0 fully saturated rings. The van der Waals surface area contributed by atoms with E-state index in [9.17, 15) is 13.5 Å². The number of anilines is 1. The van der Waals surface area contributed by atoms with Crippen molar-refractivity contribution in [3.05, 3.63) is 48.0 Å². The third-order valence-electron chi connectivity index (χ3n) is 3.90. The number of benzene rings is 2. The van der Waals surface area contributed by atoms with Crippen LogP contribution in [0.4, 0.5) is 5.69 Å². The average Bonchev–Trinajstić information content (AvgIpc) is 2.51. The zero-order chi connectivity index (χ0) is 17.0. The van der Waals surface area contributed by atoms with Gasteiger partial charge in [-0.05, 0) is 24.5 Å². The summed E-state index contributed by atoms with van der Waals surface area (Å²) in [5.41, 5.74) is 1.13. The van der Waals surface area contributed by atoms with Gasteiger partial charge in [-0.25, -0.2) is 8.42 Å². The van der Waals surface area contributed by atoms with Gasteiger partial charge in [0.05, 0.1) is 11.4 Å². The number of aryl methyl sites for hydroxylation is 1. The van der Waals surface area contributed by atoms with Crippen molar-refractivity contribution in [2.45, 2.75) is 27.2 Å². The van der Waals surface area contributed by atoms with E-state index in [1.54, 1.807) is 31.2 Å². The van der Waals surface area contributed by atoms with Crippen LogP contribution in [0.3, 0.4) is 0 Å². The van der Waals surface area contributed by atoms with E-state index < -0.39 is 10.0 Å². The third-order valence-corrected chi connectivity index (χ3v) is 5.06. The first-order chi connectivity index (χ1) is 10.8. The summed E-state index contributed by atoms with van der Waals surface area (Å²) in [6, 6.07) is 8.86. The standard InChI is InChI=1S/C18H23NO3S/c1-4-13(2)8-7-11-23(21,22)19-17-12-14(3)18(20)16-10-6-5-9-15(16)17/h5-10,12-13,19-20H,4,11H2,1-3H3/b8-7-. The number of sulfonamides is 1. The molecular formula is C18H23NO3S. The fraction of sp³-hybridized carbons (Fsp3) is 0.333. The van der Waals surface area contributed by atoms with Gasteiger partial charge in [0.15, 0.2) is 0 Å². The molecule has 2 aromatic carbocycles. The molecule has 0 heterocycles. The predicted molar refractivity (Wildman–Crippen MR) is 96.4 cm³/mol. The summed E-state index contributed by atoms with van der Waals surface area (Å²) in [7, 11) is -3.48. The van der Waals surface area contributed by atoms with Crippen molar-refractivity contribution in [1.29, 1.82) is 0 Å². The first-order valence-electron chi connectivity index (χ1n) is 7.72. The van der Waals surface area contributed by atoms with E-state index in [-0.39, 0.29) is 11.5 Å². The maximum absolute atomic E-state index is 12.3. The molecule has 0 aliphatic rings. The molecule has 1 unspecified atom stereocenters. The zero-order valence-corrected chi connectivity index (χ0v) is 14.5. The minimum Gasteiger partial charge on any atom is -0.507 e. The Morgan fingerprint density at radius 2 is 1.91 bits per heavy atom. The number of hydrogen-bond acceptors (Lipinski definition) is 3. The highest BCUT2D eigenvalue weighted by molar-refractivity contribution is 7.92. The number of aromatic hydroxyl groups is 1. The van der Waals surface area contributed by atoms with Crippen molar-refractivity contribution < 1.29 is 13.5 Å². The second-order valence-electron chi connectivity index (χ2n) is 5.83. The monoisotopic (exact) mass is 333 g/mol. The molecule has 0 aliphatic heterocycles. The second-order valence-corrected chi connectivity index (χ2v) is 7.60. The van der Waals surface area contributed by atoms with Gasteiger partial charge in [-0.1, -0.05) is 56.7 Å². The third kappa shape index (κ3) is 4.26. The quantitative estimate of drug-likeness (QED) is 0.615. The lowest BCUT2D eigenvalue weighted by Gasteiger charge is -2.13. The van der Waals surface area contributed by atoms with Crippen molar-refractivity contribution >= 4 is 26.5 Å². The SMILES string of the molecule is CCC(C)/C=C\CS(=O)(=O)Nc1cc(C)c(O)c2ccccc12. The Balaban J connectivity index is 2.31. The van der Waals surface area contributed by atoms with E-state index in [0.717, 1.165) is 6.42 Å². The van der Waals surface area contributed by atoms with Crippen LogP contribution in [0.2, 0.25) is 0 Å². The number of phenolic OH excluding ortho intramolecular Hbond substituents is 1. The molecule has 1 atom stereocenters. The van der Waals surface area contributed by atoms with Crippen molar-refractivity contribution in [3.8, 4) is 5.75 Å². The highest BCUT2D eigenvalue weighted by Gasteiger charge is 2.14. The summed E-state index contributed by atoms with van der Waals surface area (Å²) in [6.45, 7) is 5.86. The van der Waals surface area contributed by atoms with Gasteiger partial charge in [0.2, 0.25) is 10.0 Å². The number of allylic oxidation sites excluding steroid dienone is 1. The highest BCUT2D eigenvalue weighted by Crippen LogP contribution is 2.34. The summed E-state index contributed by atoms with van der Waals surface area (Å²) < 4.78 is 27.2. The molecule has 4 nitrogen and oxygen atoms in total. The van der Waals surface area contributed by atoms with E-state index >= 15 is 0 Å². The molecule has 0 spiro atoms. The molecule has 0 aliphatic carbocycles. The molecule has 0 amide bonds. The Bertz CT molecular complexity index is 826. The lowest BCUT2D eigenvalue weighted by Crippen LogP contribution is -2.16. The highest BCUT2D eigenvalue weighted by atomic mass is 32.2. The fourth-order valence-corrected chi connectivity index (χ4v) is 3.30. The maximum atomic E-state index is 12.3. The number of nitrogens with one attached hydrogen (secondary N) is 1. The van der Waals surface area contributed by atoms with E-state index in [0.29, 0.717) is 27.9 Å². The summed E-state index contributed by atoms with van der Waals surface area (Å²) in [5.74, 6) is 0.480. The predicted octanol–water partition coefficient (Wildman–Crippen LogP) is 4.20. The van der Waals surface area contributed by atoms with Gasteiger partial charge in [0.25, 0.3) is 0 Å². The van der Waals surface area contributed by atoms with Gasteiger partial charge in [-0.2, -0.15) is 0 Å². The normalized spacial score (nSPS) is 13.5. The summed E-state index contributed by atoms with van der Waals surface area (Å²) in [4.78, 5) is 0. The van der Waals surface area contributed by atoms with Gasteiger partial charge < -0.3 is 5.11 Å². The van der Waals surface area contributed by atoms with Crippen molar-refractivity contribution in [3.63, 3.8) is 0 Å². The summed E-state index contributed by atoms with van der Waals surface area (Å²) >= 11 is 0. The zero-order valence-electron chi connectivity index (χ0n) is 13.7. The van der Waals surface area contributed by atoms with E-state index in [1.807, 2.05) is 25.1 Å². The Hall–Kier alpha value is -2.01. The number of rotatable bonds is 6. The molecule has 0 saturated heterocycles. The Labute approximate surface area is 137 Å². The summed E-state index contributed by atoms with van der Waals surface area (Å²) in [5, 5.41) is 11.4. The molecule has 2 rings (SSSR count). The van der Waals surface area contributed by atoms with Crippen molar-refractivity contribution in [2.24, 2.45) is 5.92 Å². The minimum absolute atomic E-state index is 0.0639. The molecule has 0 saturated carbocycles. The molecule has 5 heteroatoms. The van der Waals surface area contributed by atoms with Gasteiger partial charge in [-0.3, -0.25) is 4.72 Å². The van der Waals surface area contributed by atoms with Crippen LogP contribution in [0.1, 0.15) is 25.8 Å². The lowest BCUT2D eigenvalue weighted by atomic mass is 10.0. The molecule has 0 radical (unpaired) electrons. The van der Waals surface area contributed by atoms with Crippen LogP contribution in [-0.2, 0) is 10.0 Å². The molecule has 2 N–H and O–H groups in total. The molecule has 124 valence electrons. The number of fused-ring (bicyclic) bond motifs is 1. The van der Waals surface area contributed by atoms with Gasteiger partial charge in [0, 0.05) is 10.8 Å². The van der Waals surface area contributed by atoms with Crippen molar-refractivity contribution in [2.75, 3.05) is 10.5 Å². The van der Waals surface area contributed by atoms with E-state index in [1.165, 1.54) is 0 Å². The van der Waals surface area contributed by atoms with Gasteiger partial charge >= 0.3 is 0 Å². The summed E-state index contributed by atoms with van der Waals surface area (Å²) in [6.07, 6.45) is 4.58. The Kier molecular flexibility index (Phi) is 5.31. The maximum Gasteiger partial charge on any atom is 0.236 e. The number of phenols is 1. The molecule has 2 aromatic rings. The smallest absolute Gasteiger partial charge is 0.236 e. The Morgan fingerprint density at radius 3 is 2.57 bits per heavy atom.